The molecule has 0 saturated carbocycles. The molecule has 0 unspecified atom stereocenters. The van der Waals surface area contributed by atoms with E-state index >= 15 is 0 Å². The first-order valence-electron chi connectivity index (χ1n) is 5.81. The molecule has 80 valence electrons. The molecule has 0 heterocycles. The van der Waals surface area contributed by atoms with E-state index in [0.717, 1.165) is 25.0 Å². The maximum absolute atomic E-state index is 8.73. The Morgan fingerprint density at radius 2 is 1.57 bits per heavy atom. The molecule has 0 radical (unpaired) electrons. The van der Waals surface area contributed by atoms with E-state index in [0.29, 0.717) is 0 Å². The van der Waals surface area contributed by atoms with Gasteiger partial charge in [-0.1, -0.05) is 43.3 Å². The van der Waals surface area contributed by atoms with Gasteiger partial charge in [0, 0.05) is 0 Å². The number of allylic oxidation sites excluding steroid dienone is 2. The van der Waals surface area contributed by atoms with Crippen LogP contribution >= 0.6 is 0 Å². The van der Waals surface area contributed by atoms with Crippen molar-refractivity contribution >= 4 is 5.71 Å². The van der Waals surface area contributed by atoms with Crippen LogP contribution in [0.4, 0.5) is 0 Å². The minimum atomic E-state index is 0.838. The second-order valence-electron chi connectivity index (χ2n) is 4.01. The number of rotatable bonds is 0. The first kappa shape index (κ1) is 11.3. The number of nitrogens with zero attached hydrogens (tertiary/aromatic N) is 1. The molecule has 0 atom stereocenters. The summed E-state index contributed by atoms with van der Waals surface area (Å²) in [7, 11) is 0. The van der Waals surface area contributed by atoms with Crippen LogP contribution in [0.1, 0.15) is 57.8 Å². The van der Waals surface area contributed by atoms with Crippen LogP contribution in [0, 0.1) is 0 Å². The Balaban J connectivity index is 2.36. The first-order valence-corrected chi connectivity index (χ1v) is 5.81. The van der Waals surface area contributed by atoms with Gasteiger partial charge in [0.1, 0.15) is 0 Å². The minimum absolute atomic E-state index is 0.838. The number of hydrogen-bond donors (Lipinski definition) is 1. The summed E-state index contributed by atoms with van der Waals surface area (Å²) in [6.45, 7) is 0. The van der Waals surface area contributed by atoms with Crippen molar-refractivity contribution in [2.45, 2.75) is 57.8 Å². The number of hydrogen-bond acceptors (Lipinski definition) is 2. The Hall–Kier alpha value is -0.790. The minimum Gasteiger partial charge on any atom is -0.411 e. The highest BCUT2D eigenvalue weighted by Crippen LogP contribution is 2.12. The zero-order valence-electron chi connectivity index (χ0n) is 8.91. The van der Waals surface area contributed by atoms with Gasteiger partial charge in [0.25, 0.3) is 0 Å². The van der Waals surface area contributed by atoms with E-state index in [-0.39, 0.29) is 0 Å². The van der Waals surface area contributed by atoms with Crippen molar-refractivity contribution in [1.82, 2.24) is 0 Å². The molecule has 0 amide bonds. The third-order valence-electron chi connectivity index (χ3n) is 2.74. The highest BCUT2D eigenvalue weighted by Gasteiger charge is 1.98. The van der Waals surface area contributed by atoms with Gasteiger partial charge in [-0.15, -0.1) is 0 Å². The van der Waals surface area contributed by atoms with E-state index in [1.54, 1.807) is 0 Å². The smallest absolute Gasteiger partial charge is 0.0792 e. The largest absolute Gasteiger partial charge is 0.411 e. The van der Waals surface area contributed by atoms with E-state index in [2.05, 4.69) is 11.2 Å². The van der Waals surface area contributed by atoms with Crippen molar-refractivity contribution < 1.29 is 5.21 Å². The summed E-state index contributed by atoms with van der Waals surface area (Å²) in [5.41, 5.74) is 0.838. The summed E-state index contributed by atoms with van der Waals surface area (Å²) < 4.78 is 0. The Kier molecular flexibility index (Phi) is 6.13. The van der Waals surface area contributed by atoms with Gasteiger partial charge in [-0.3, -0.25) is 0 Å². The second-order valence-corrected chi connectivity index (χ2v) is 4.01. The molecule has 2 nitrogen and oxygen atoms in total. The maximum Gasteiger partial charge on any atom is 0.0792 e. The molecule has 0 aromatic rings. The summed E-state index contributed by atoms with van der Waals surface area (Å²) >= 11 is 0. The molecule has 0 aliphatic heterocycles. The normalized spacial score (nSPS) is 26.4. The van der Waals surface area contributed by atoms with Crippen molar-refractivity contribution in [1.29, 1.82) is 0 Å². The highest BCUT2D eigenvalue weighted by molar-refractivity contribution is 5.94. The second kappa shape index (κ2) is 7.60. The van der Waals surface area contributed by atoms with E-state index < -0.39 is 0 Å². The molecule has 0 aromatic carbocycles. The molecule has 1 N–H and O–H groups in total. The van der Waals surface area contributed by atoms with Crippen molar-refractivity contribution in [3.63, 3.8) is 0 Å². The van der Waals surface area contributed by atoms with Gasteiger partial charge in [-0.2, -0.15) is 0 Å². The predicted molar refractivity (Wildman–Crippen MR) is 59.9 cm³/mol. The summed E-state index contributed by atoms with van der Waals surface area (Å²) in [4.78, 5) is 0. The average molecular weight is 195 g/mol. The molecule has 14 heavy (non-hydrogen) atoms. The lowest BCUT2D eigenvalue weighted by Crippen LogP contribution is -1.94. The quantitative estimate of drug-likeness (QED) is 0.461. The number of oxime groups is 1. The van der Waals surface area contributed by atoms with Crippen LogP contribution in [0.5, 0.6) is 0 Å². The molecule has 1 aliphatic carbocycles. The molecule has 1 aliphatic rings. The zero-order valence-corrected chi connectivity index (χ0v) is 8.91. The Bertz CT molecular complexity index is 196. The van der Waals surface area contributed by atoms with Crippen LogP contribution in [0.2, 0.25) is 0 Å². The first-order chi connectivity index (χ1) is 6.93. The van der Waals surface area contributed by atoms with Crippen LogP contribution in [-0.4, -0.2) is 10.9 Å². The zero-order chi connectivity index (χ0) is 10.1. The van der Waals surface area contributed by atoms with Crippen LogP contribution in [-0.2, 0) is 0 Å². The van der Waals surface area contributed by atoms with Crippen LogP contribution < -0.4 is 0 Å². The Morgan fingerprint density at radius 3 is 2.29 bits per heavy atom. The lowest BCUT2D eigenvalue weighted by atomic mass is 10.0. The fourth-order valence-corrected chi connectivity index (χ4v) is 1.84. The van der Waals surface area contributed by atoms with Gasteiger partial charge in [0.2, 0.25) is 0 Å². The average Bonchev–Trinajstić information content (AvgIpc) is 2.19. The fourth-order valence-electron chi connectivity index (χ4n) is 1.84. The monoisotopic (exact) mass is 195 g/mol. The molecule has 0 aromatic heterocycles. The molecule has 0 spiro atoms. The van der Waals surface area contributed by atoms with E-state index in [9.17, 15) is 0 Å². The Morgan fingerprint density at radius 1 is 0.929 bits per heavy atom. The van der Waals surface area contributed by atoms with E-state index in [4.69, 9.17) is 5.21 Å². The van der Waals surface area contributed by atoms with E-state index in [1.165, 1.54) is 38.5 Å². The van der Waals surface area contributed by atoms with Crippen molar-refractivity contribution in [2.75, 3.05) is 0 Å². The fraction of sp³-hybridized carbons (Fsp3) is 0.750. The van der Waals surface area contributed by atoms with Crippen molar-refractivity contribution in [3.05, 3.63) is 12.2 Å². The van der Waals surface area contributed by atoms with Gasteiger partial charge in [-0.25, -0.2) is 0 Å². The molecule has 0 bridgehead atoms. The highest BCUT2D eigenvalue weighted by atomic mass is 16.4. The molecule has 2 heteroatoms. The predicted octanol–water partition coefficient (Wildman–Crippen LogP) is 3.90. The van der Waals surface area contributed by atoms with Crippen LogP contribution in [0.25, 0.3) is 0 Å². The summed E-state index contributed by atoms with van der Waals surface area (Å²) in [6, 6.07) is 0. The SMILES string of the molecule is O/N=C1\C=C/CCCCCCCCC1. The van der Waals surface area contributed by atoms with Gasteiger partial charge < -0.3 is 5.21 Å². The summed E-state index contributed by atoms with van der Waals surface area (Å²) in [6.07, 6.45) is 15.3. The van der Waals surface area contributed by atoms with Gasteiger partial charge >= 0.3 is 0 Å². The maximum atomic E-state index is 8.73. The van der Waals surface area contributed by atoms with E-state index in [1.807, 2.05) is 6.08 Å². The Labute approximate surface area is 86.7 Å². The van der Waals surface area contributed by atoms with Crippen molar-refractivity contribution in [2.24, 2.45) is 5.16 Å². The molecular weight excluding hydrogens is 174 g/mol. The third kappa shape index (κ3) is 5.05. The van der Waals surface area contributed by atoms with Gasteiger partial charge in [0.15, 0.2) is 0 Å². The summed E-state index contributed by atoms with van der Waals surface area (Å²) in [5.74, 6) is 0. The van der Waals surface area contributed by atoms with Gasteiger partial charge in [0.05, 0.1) is 5.71 Å². The molecule has 0 saturated heterocycles. The third-order valence-corrected chi connectivity index (χ3v) is 2.74. The summed E-state index contributed by atoms with van der Waals surface area (Å²) in [5, 5.41) is 12.0. The molecular formula is C12H21NO. The molecule has 1 rings (SSSR count). The standard InChI is InChI=1S/C12H21NO/c14-13-12-10-8-6-4-2-1-3-5-7-9-11-12/h8,10,14H,1-7,9,11H2/b10-8-,13-12+. The van der Waals surface area contributed by atoms with Gasteiger partial charge in [-0.05, 0) is 31.8 Å². The lowest BCUT2D eigenvalue weighted by Gasteiger charge is -2.03. The topological polar surface area (TPSA) is 32.6 Å². The lowest BCUT2D eigenvalue weighted by molar-refractivity contribution is 0.318. The molecule has 0 fully saturated rings. The van der Waals surface area contributed by atoms with Crippen LogP contribution in [0.3, 0.4) is 0 Å². The van der Waals surface area contributed by atoms with Crippen LogP contribution in [0.15, 0.2) is 17.3 Å². The van der Waals surface area contributed by atoms with Crippen molar-refractivity contribution in [3.8, 4) is 0 Å².